The van der Waals surface area contributed by atoms with Crippen LogP contribution in [0.1, 0.15) is 39.5 Å². The van der Waals surface area contributed by atoms with Crippen molar-refractivity contribution in [1.29, 1.82) is 0 Å². The van der Waals surface area contributed by atoms with E-state index in [2.05, 4.69) is 16.0 Å². The number of carbonyl (C=O) groups excluding carboxylic acids is 3. The highest BCUT2D eigenvalue weighted by Gasteiger charge is 2.30. The fourth-order valence-corrected chi connectivity index (χ4v) is 2.30. The van der Waals surface area contributed by atoms with Gasteiger partial charge in [-0.1, -0.05) is 0 Å². The minimum atomic E-state index is -1.56. The summed E-state index contributed by atoms with van der Waals surface area (Å²) in [5.74, 6) is -5.38. The summed E-state index contributed by atoms with van der Waals surface area (Å²) >= 11 is 0. The summed E-state index contributed by atoms with van der Waals surface area (Å²) in [6.45, 7) is 2.89. The maximum absolute atomic E-state index is 12.3. The summed E-state index contributed by atoms with van der Waals surface area (Å²) in [7, 11) is 0. The number of carboxylic acids is 2. The van der Waals surface area contributed by atoms with E-state index in [-0.39, 0.29) is 6.42 Å². The Morgan fingerprint density at radius 3 is 1.90 bits per heavy atom. The summed E-state index contributed by atoms with van der Waals surface area (Å²) in [6, 6.07) is -5.34. The molecule has 5 atom stereocenters. The van der Waals surface area contributed by atoms with Crippen molar-refractivity contribution < 1.29 is 39.3 Å². The number of hydrogen-bond donors (Lipinski definition) is 8. The number of rotatable bonds is 14. The Hall–Kier alpha value is -2.77. The van der Waals surface area contributed by atoms with Gasteiger partial charge in [0.25, 0.3) is 0 Å². The molecule has 0 aliphatic rings. The summed E-state index contributed by atoms with van der Waals surface area (Å²) in [6.07, 6.45) is -0.833. The van der Waals surface area contributed by atoms with E-state index in [1.807, 2.05) is 0 Å². The summed E-state index contributed by atoms with van der Waals surface area (Å²) in [5, 5.41) is 34.1. The molecule has 13 heteroatoms. The Bertz CT molecular complexity index is 627. The molecular formula is C17H31N5O8. The molecular weight excluding hydrogens is 402 g/mol. The molecule has 172 valence electrons. The predicted octanol–water partition coefficient (Wildman–Crippen LogP) is -3.14. The van der Waals surface area contributed by atoms with Crippen molar-refractivity contribution in [2.75, 3.05) is 6.54 Å². The first-order valence-corrected chi connectivity index (χ1v) is 9.40. The number of amides is 3. The average molecular weight is 433 g/mol. The molecule has 0 aliphatic heterocycles. The van der Waals surface area contributed by atoms with Crippen molar-refractivity contribution in [3.8, 4) is 0 Å². The quantitative estimate of drug-likeness (QED) is 0.128. The normalized spacial score (nSPS) is 15.8. The van der Waals surface area contributed by atoms with Gasteiger partial charge in [0, 0.05) is 0 Å². The Labute approximate surface area is 173 Å². The monoisotopic (exact) mass is 433 g/mol. The molecule has 13 nitrogen and oxygen atoms in total. The van der Waals surface area contributed by atoms with Gasteiger partial charge in [-0.25, -0.2) is 4.79 Å². The Balaban J connectivity index is 5.02. The van der Waals surface area contributed by atoms with Gasteiger partial charge in [0.15, 0.2) is 0 Å². The fraction of sp³-hybridized carbons (Fsp3) is 0.706. The van der Waals surface area contributed by atoms with E-state index in [9.17, 15) is 34.2 Å². The molecule has 0 heterocycles. The first-order valence-electron chi connectivity index (χ1n) is 9.40. The van der Waals surface area contributed by atoms with Crippen LogP contribution < -0.4 is 27.4 Å². The Kier molecular flexibility index (Phi) is 12.2. The number of nitrogens with one attached hydrogen (secondary N) is 3. The molecule has 0 saturated heterocycles. The van der Waals surface area contributed by atoms with Crippen molar-refractivity contribution in [3.63, 3.8) is 0 Å². The Morgan fingerprint density at radius 2 is 1.43 bits per heavy atom. The van der Waals surface area contributed by atoms with Crippen LogP contribution in [0, 0.1) is 0 Å². The molecule has 0 aromatic heterocycles. The molecule has 0 aromatic carbocycles. The maximum Gasteiger partial charge on any atom is 0.326 e. The zero-order chi connectivity index (χ0) is 23.4. The molecule has 0 saturated carbocycles. The van der Waals surface area contributed by atoms with Crippen LogP contribution in [-0.4, -0.2) is 81.8 Å². The topological polar surface area (TPSA) is 234 Å². The van der Waals surface area contributed by atoms with Gasteiger partial charge in [-0.15, -0.1) is 0 Å². The van der Waals surface area contributed by atoms with Crippen LogP contribution in [0.5, 0.6) is 0 Å². The number of aliphatic hydroxyl groups is 1. The van der Waals surface area contributed by atoms with Gasteiger partial charge in [0.1, 0.15) is 24.2 Å². The second-order valence-electron chi connectivity index (χ2n) is 6.84. The number of carboxylic acid groups (broad SMARTS) is 2. The van der Waals surface area contributed by atoms with E-state index in [4.69, 9.17) is 16.6 Å². The lowest BCUT2D eigenvalue weighted by Crippen LogP contribution is -2.57. The smallest absolute Gasteiger partial charge is 0.326 e. The van der Waals surface area contributed by atoms with E-state index in [1.54, 1.807) is 0 Å². The number of hydrogen-bond acceptors (Lipinski definition) is 8. The number of aliphatic carboxylic acids is 2. The van der Waals surface area contributed by atoms with Gasteiger partial charge in [-0.05, 0) is 39.7 Å². The van der Waals surface area contributed by atoms with E-state index < -0.39 is 66.4 Å². The van der Waals surface area contributed by atoms with E-state index in [0.29, 0.717) is 19.4 Å². The van der Waals surface area contributed by atoms with Gasteiger partial charge in [-0.2, -0.15) is 0 Å². The minimum Gasteiger partial charge on any atom is -0.481 e. The van der Waals surface area contributed by atoms with Gasteiger partial charge in [-0.3, -0.25) is 19.2 Å². The van der Waals surface area contributed by atoms with E-state index >= 15 is 0 Å². The fourth-order valence-electron chi connectivity index (χ4n) is 2.30. The molecule has 10 N–H and O–H groups in total. The van der Waals surface area contributed by atoms with Crippen molar-refractivity contribution in [2.45, 2.75) is 69.8 Å². The van der Waals surface area contributed by atoms with Crippen molar-refractivity contribution in [1.82, 2.24) is 16.0 Å². The van der Waals surface area contributed by atoms with Crippen molar-refractivity contribution in [2.24, 2.45) is 11.5 Å². The molecule has 30 heavy (non-hydrogen) atoms. The lowest BCUT2D eigenvalue weighted by atomic mass is 10.1. The minimum absolute atomic E-state index is 0.147. The SMILES string of the molecule is CC(NC(=O)C(CC(=O)O)NC(=O)C(N)C(C)O)C(=O)NC(CCCCN)C(=O)O. The third-order valence-corrected chi connectivity index (χ3v) is 4.15. The van der Waals surface area contributed by atoms with Gasteiger partial charge in [0.05, 0.1) is 12.5 Å². The predicted molar refractivity (Wildman–Crippen MR) is 104 cm³/mol. The molecule has 0 aromatic rings. The van der Waals surface area contributed by atoms with Crippen LogP contribution >= 0.6 is 0 Å². The highest BCUT2D eigenvalue weighted by atomic mass is 16.4. The van der Waals surface area contributed by atoms with Gasteiger partial charge >= 0.3 is 11.9 Å². The second-order valence-corrected chi connectivity index (χ2v) is 6.84. The number of unbranched alkanes of at least 4 members (excludes halogenated alkanes) is 1. The summed E-state index contributed by atoms with van der Waals surface area (Å²) in [4.78, 5) is 58.8. The number of nitrogens with two attached hydrogens (primary N) is 2. The van der Waals surface area contributed by atoms with Crippen molar-refractivity contribution in [3.05, 3.63) is 0 Å². The standard InChI is InChI=1S/C17H31N5O8/c1-8(14(26)21-10(17(29)30)5-3-4-6-18)20-15(27)11(7-12(24)25)22-16(28)13(19)9(2)23/h8-11,13,23H,3-7,18-19H2,1-2H3,(H,20,27)(H,21,26)(H,22,28)(H,24,25)(H,29,30). The van der Waals surface area contributed by atoms with Crippen molar-refractivity contribution >= 4 is 29.7 Å². The summed E-state index contributed by atoms with van der Waals surface area (Å²) < 4.78 is 0. The van der Waals surface area contributed by atoms with Gasteiger partial charge in [0.2, 0.25) is 17.7 Å². The van der Waals surface area contributed by atoms with Gasteiger partial charge < -0.3 is 42.7 Å². The molecule has 5 unspecified atom stereocenters. The van der Waals surface area contributed by atoms with E-state index in [1.165, 1.54) is 13.8 Å². The molecule has 0 bridgehead atoms. The maximum atomic E-state index is 12.3. The van der Waals surface area contributed by atoms with Crippen LogP contribution in [0.4, 0.5) is 0 Å². The van der Waals surface area contributed by atoms with Crippen LogP contribution in [-0.2, 0) is 24.0 Å². The summed E-state index contributed by atoms with van der Waals surface area (Å²) in [5.41, 5.74) is 10.8. The lowest BCUT2D eigenvalue weighted by molar-refractivity contribution is -0.143. The lowest BCUT2D eigenvalue weighted by Gasteiger charge is -2.23. The van der Waals surface area contributed by atoms with Crippen LogP contribution in [0.25, 0.3) is 0 Å². The van der Waals surface area contributed by atoms with E-state index in [0.717, 1.165) is 0 Å². The highest BCUT2D eigenvalue weighted by molar-refractivity contribution is 5.95. The van der Waals surface area contributed by atoms with Crippen LogP contribution in [0.15, 0.2) is 0 Å². The molecule has 0 spiro atoms. The molecule has 0 radical (unpaired) electrons. The molecule has 0 rings (SSSR count). The zero-order valence-electron chi connectivity index (χ0n) is 17.0. The Morgan fingerprint density at radius 1 is 0.867 bits per heavy atom. The molecule has 0 fully saturated rings. The number of carbonyl (C=O) groups is 5. The number of aliphatic hydroxyl groups excluding tert-OH is 1. The third kappa shape index (κ3) is 10.1. The first-order chi connectivity index (χ1) is 13.9. The zero-order valence-corrected chi connectivity index (χ0v) is 17.0. The average Bonchev–Trinajstić information content (AvgIpc) is 2.65. The molecule has 0 aliphatic carbocycles. The highest BCUT2D eigenvalue weighted by Crippen LogP contribution is 2.02. The second kappa shape index (κ2) is 13.5. The molecule has 3 amide bonds. The first kappa shape index (κ1) is 27.2. The third-order valence-electron chi connectivity index (χ3n) is 4.15. The largest absolute Gasteiger partial charge is 0.481 e. The van der Waals surface area contributed by atoms with Crippen LogP contribution in [0.3, 0.4) is 0 Å². The van der Waals surface area contributed by atoms with Crippen LogP contribution in [0.2, 0.25) is 0 Å².